The number of nitrogen functional groups attached to an aromatic ring is 1. The van der Waals surface area contributed by atoms with Crippen molar-refractivity contribution in [3.05, 3.63) is 82.6 Å². The predicted molar refractivity (Wildman–Crippen MR) is 110 cm³/mol. The van der Waals surface area contributed by atoms with Crippen molar-refractivity contribution in [2.24, 2.45) is 0 Å². The Morgan fingerprint density at radius 3 is 2.68 bits per heavy atom. The van der Waals surface area contributed by atoms with E-state index in [4.69, 9.17) is 22.3 Å². The third-order valence-corrected chi connectivity index (χ3v) is 5.54. The molecule has 6 heteroatoms. The van der Waals surface area contributed by atoms with Crippen LogP contribution in [0.25, 0.3) is 16.7 Å². The van der Waals surface area contributed by atoms with Crippen LogP contribution in [0.2, 0.25) is 5.02 Å². The molecule has 2 N–H and O–H groups in total. The predicted octanol–water partition coefficient (Wildman–Crippen LogP) is 4.57. The molecule has 4 aromatic rings. The lowest BCUT2D eigenvalue weighted by Crippen LogP contribution is -2.22. The highest BCUT2D eigenvalue weighted by atomic mass is 35.5. The smallest absolute Gasteiger partial charge is 0.167 e. The molecular formula is C22H17ClN4O. The monoisotopic (exact) mass is 388 g/mol. The number of pyridine rings is 1. The first kappa shape index (κ1) is 17.0. The van der Waals surface area contributed by atoms with Crippen LogP contribution in [-0.2, 0) is 6.42 Å². The number of nitrogens with zero attached hydrogens (tertiary/aromatic N) is 3. The summed E-state index contributed by atoms with van der Waals surface area (Å²) in [7, 11) is 0. The van der Waals surface area contributed by atoms with E-state index in [0.717, 1.165) is 16.9 Å². The fraction of sp³-hybridized carbons (Fsp3) is 0.136. The summed E-state index contributed by atoms with van der Waals surface area (Å²) in [5.41, 5.74) is 10.7. The van der Waals surface area contributed by atoms with Crippen molar-refractivity contribution < 1.29 is 4.79 Å². The van der Waals surface area contributed by atoms with E-state index in [1.54, 1.807) is 10.9 Å². The van der Waals surface area contributed by atoms with Crippen molar-refractivity contribution in [1.29, 1.82) is 0 Å². The van der Waals surface area contributed by atoms with E-state index in [9.17, 15) is 4.79 Å². The first-order valence-corrected chi connectivity index (χ1v) is 9.50. The van der Waals surface area contributed by atoms with Gasteiger partial charge in [0.15, 0.2) is 11.4 Å². The second-order valence-corrected chi connectivity index (χ2v) is 7.50. The van der Waals surface area contributed by atoms with Crippen molar-refractivity contribution in [3.63, 3.8) is 0 Å². The van der Waals surface area contributed by atoms with Gasteiger partial charge in [0.05, 0.1) is 34.2 Å². The van der Waals surface area contributed by atoms with Crippen LogP contribution in [0.5, 0.6) is 0 Å². The van der Waals surface area contributed by atoms with Crippen LogP contribution in [0.4, 0.5) is 5.69 Å². The molecule has 0 saturated heterocycles. The average Bonchev–Trinajstić information content (AvgIpc) is 3.12. The molecule has 138 valence electrons. The SMILES string of the molecule is Nc1c2c(nc3c1cnn3-c1ccccc1)C[C@@H](c1cccc(Cl)c1)CC2=O. The van der Waals surface area contributed by atoms with Crippen molar-refractivity contribution in [3.8, 4) is 5.69 Å². The first-order chi connectivity index (χ1) is 13.6. The van der Waals surface area contributed by atoms with Gasteiger partial charge in [-0.1, -0.05) is 41.9 Å². The molecule has 0 aliphatic heterocycles. The Bertz CT molecular complexity index is 1220. The number of carbonyl (C=O) groups excluding carboxylic acids is 1. The summed E-state index contributed by atoms with van der Waals surface area (Å²) in [5, 5.41) is 5.83. The molecule has 0 saturated carbocycles. The van der Waals surface area contributed by atoms with E-state index in [1.807, 2.05) is 54.6 Å². The topological polar surface area (TPSA) is 73.8 Å². The number of benzene rings is 2. The summed E-state index contributed by atoms with van der Waals surface area (Å²) in [5.74, 6) is 0.0572. The summed E-state index contributed by atoms with van der Waals surface area (Å²) in [4.78, 5) is 17.7. The van der Waals surface area contributed by atoms with Gasteiger partial charge in [0.2, 0.25) is 0 Å². The number of halogens is 1. The van der Waals surface area contributed by atoms with Crippen molar-refractivity contribution >= 4 is 34.1 Å². The average molecular weight is 389 g/mol. The second kappa shape index (κ2) is 6.46. The number of ketones is 1. The quantitative estimate of drug-likeness (QED) is 0.546. The molecule has 1 aliphatic rings. The summed E-state index contributed by atoms with van der Waals surface area (Å²) < 4.78 is 1.76. The minimum Gasteiger partial charge on any atom is -0.397 e. The molecule has 5 rings (SSSR count). The van der Waals surface area contributed by atoms with E-state index in [-0.39, 0.29) is 11.7 Å². The standard InChI is InChI=1S/C22H17ClN4O/c23-15-6-4-5-13(9-15)14-10-18-20(19(28)11-14)21(24)17-12-25-27(22(17)26-18)16-7-2-1-3-8-16/h1-9,12,14H,10-11H2,(H2,24,26)/t14-/m1/s1. The number of fused-ring (bicyclic) bond motifs is 2. The molecule has 2 heterocycles. The van der Waals surface area contributed by atoms with E-state index in [2.05, 4.69) is 5.10 Å². The fourth-order valence-corrected chi connectivity index (χ4v) is 4.16. The van der Waals surface area contributed by atoms with Crippen LogP contribution >= 0.6 is 11.6 Å². The largest absolute Gasteiger partial charge is 0.397 e. The number of para-hydroxylation sites is 1. The fourth-order valence-electron chi connectivity index (χ4n) is 3.96. The van der Waals surface area contributed by atoms with Gasteiger partial charge >= 0.3 is 0 Å². The van der Waals surface area contributed by atoms with Gasteiger partial charge in [-0.3, -0.25) is 4.79 Å². The Hall–Kier alpha value is -3.18. The zero-order chi connectivity index (χ0) is 19.3. The number of Topliss-reactive ketones (excluding diaryl/α,β-unsaturated/α-hetero) is 1. The molecule has 0 bridgehead atoms. The molecule has 0 radical (unpaired) electrons. The molecule has 0 amide bonds. The molecule has 0 fully saturated rings. The lowest BCUT2D eigenvalue weighted by Gasteiger charge is -2.24. The Kier molecular flexibility index (Phi) is 3.91. The van der Waals surface area contributed by atoms with Gasteiger partial charge in [0.25, 0.3) is 0 Å². The van der Waals surface area contributed by atoms with Crippen LogP contribution < -0.4 is 5.73 Å². The molecule has 1 atom stereocenters. The maximum absolute atomic E-state index is 12.9. The van der Waals surface area contributed by atoms with E-state index < -0.39 is 0 Å². The second-order valence-electron chi connectivity index (χ2n) is 7.06. The summed E-state index contributed by atoms with van der Waals surface area (Å²) >= 11 is 6.15. The molecule has 5 nitrogen and oxygen atoms in total. The van der Waals surface area contributed by atoms with E-state index >= 15 is 0 Å². The molecule has 28 heavy (non-hydrogen) atoms. The molecule has 0 spiro atoms. The molecule has 0 unspecified atom stereocenters. The number of rotatable bonds is 2. The lowest BCUT2D eigenvalue weighted by atomic mass is 9.81. The highest BCUT2D eigenvalue weighted by Crippen LogP contribution is 2.37. The van der Waals surface area contributed by atoms with Gasteiger partial charge in [-0.2, -0.15) is 5.10 Å². The van der Waals surface area contributed by atoms with Crippen LogP contribution in [-0.4, -0.2) is 20.5 Å². The van der Waals surface area contributed by atoms with Gasteiger partial charge in [-0.05, 0) is 42.2 Å². The number of aromatic nitrogens is 3. The van der Waals surface area contributed by atoms with Gasteiger partial charge < -0.3 is 5.73 Å². The number of carbonyl (C=O) groups is 1. The van der Waals surface area contributed by atoms with Crippen LogP contribution in [0, 0.1) is 0 Å². The highest BCUT2D eigenvalue weighted by molar-refractivity contribution is 6.30. The first-order valence-electron chi connectivity index (χ1n) is 9.12. The summed E-state index contributed by atoms with van der Waals surface area (Å²) in [6.45, 7) is 0. The van der Waals surface area contributed by atoms with Crippen LogP contribution in [0.15, 0.2) is 60.8 Å². The Morgan fingerprint density at radius 2 is 1.89 bits per heavy atom. The third-order valence-electron chi connectivity index (χ3n) is 5.30. The third kappa shape index (κ3) is 2.67. The molecule has 1 aliphatic carbocycles. The zero-order valence-corrected chi connectivity index (χ0v) is 15.7. The van der Waals surface area contributed by atoms with E-state index in [1.165, 1.54) is 0 Å². The number of hydrogen-bond donors (Lipinski definition) is 1. The maximum atomic E-state index is 12.9. The number of hydrogen-bond acceptors (Lipinski definition) is 4. The minimum atomic E-state index is 0.0191. The van der Waals surface area contributed by atoms with Gasteiger partial charge in [-0.25, -0.2) is 9.67 Å². The Balaban J connectivity index is 1.65. The molecule has 2 aromatic carbocycles. The van der Waals surface area contributed by atoms with Crippen LogP contribution in [0.1, 0.15) is 34.0 Å². The van der Waals surface area contributed by atoms with Gasteiger partial charge in [-0.15, -0.1) is 0 Å². The minimum absolute atomic E-state index is 0.0191. The number of nitrogens with two attached hydrogens (primary N) is 1. The molecular weight excluding hydrogens is 372 g/mol. The van der Waals surface area contributed by atoms with Crippen LogP contribution in [0.3, 0.4) is 0 Å². The van der Waals surface area contributed by atoms with Crippen molar-refractivity contribution in [2.75, 3.05) is 5.73 Å². The zero-order valence-electron chi connectivity index (χ0n) is 15.0. The van der Waals surface area contributed by atoms with Crippen molar-refractivity contribution in [2.45, 2.75) is 18.8 Å². The highest BCUT2D eigenvalue weighted by Gasteiger charge is 2.31. The Labute approximate surface area is 166 Å². The normalized spacial score (nSPS) is 16.3. The maximum Gasteiger partial charge on any atom is 0.167 e. The van der Waals surface area contributed by atoms with E-state index in [0.29, 0.717) is 40.1 Å². The Morgan fingerprint density at radius 1 is 1.07 bits per heavy atom. The number of anilines is 1. The summed E-state index contributed by atoms with van der Waals surface area (Å²) in [6, 6.07) is 17.4. The lowest BCUT2D eigenvalue weighted by molar-refractivity contribution is 0.0964. The molecule has 2 aromatic heterocycles. The van der Waals surface area contributed by atoms with Crippen molar-refractivity contribution in [1.82, 2.24) is 14.8 Å². The summed E-state index contributed by atoms with van der Waals surface area (Å²) in [6.07, 6.45) is 2.72. The van der Waals surface area contributed by atoms with Gasteiger partial charge in [0.1, 0.15) is 0 Å². The van der Waals surface area contributed by atoms with Gasteiger partial charge in [0, 0.05) is 11.4 Å².